The molecule has 1 aliphatic heterocycles. The van der Waals surface area contributed by atoms with Crippen LogP contribution in [0.15, 0.2) is 24.3 Å². The standard InChI is InChI=1S/C17H19NO4/c19-14-11-17(8-3-1-2-4-9-17)16(22)18(14)13-7-5-6-12(10-13)15(20)21/h5-7,10H,1-4,8-9,11H2,(H,20,21). The van der Waals surface area contributed by atoms with E-state index in [9.17, 15) is 14.4 Å². The number of anilines is 1. The number of imide groups is 1. The molecule has 1 N–H and O–H groups in total. The van der Waals surface area contributed by atoms with Gasteiger partial charge in [-0.05, 0) is 31.0 Å². The highest BCUT2D eigenvalue weighted by Crippen LogP contribution is 2.45. The van der Waals surface area contributed by atoms with Crippen LogP contribution in [0.5, 0.6) is 0 Å². The van der Waals surface area contributed by atoms with E-state index in [1.54, 1.807) is 12.1 Å². The van der Waals surface area contributed by atoms with E-state index in [2.05, 4.69) is 0 Å². The van der Waals surface area contributed by atoms with Gasteiger partial charge in [0, 0.05) is 6.42 Å². The van der Waals surface area contributed by atoms with E-state index in [1.807, 2.05) is 0 Å². The van der Waals surface area contributed by atoms with Crippen LogP contribution in [0.3, 0.4) is 0 Å². The first kappa shape index (κ1) is 14.8. The zero-order valence-electron chi connectivity index (χ0n) is 12.4. The number of carboxylic acid groups (broad SMARTS) is 1. The number of aromatic carboxylic acids is 1. The smallest absolute Gasteiger partial charge is 0.335 e. The fourth-order valence-corrected chi connectivity index (χ4v) is 3.63. The predicted molar refractivity (Wildman–Crippen MR) is 80.6 cm³/mol. The normalized spacial score (nSPS) is 21.2. The summed E-state index contributed by atoms with van der Waals surface area (Å²) in [6.07, 6.45) is 5.93. The zero-order chi connectivity index (χ0) is 15.7. The largest absolute Gasteiger partial charge is 0.478 e. The Kier molecular flexibility index (Phi) is 3.72. The molecule has 0 bridgehead atoms. The van der Waals surface area contributed by atoms with Crippen LogP contribution in [-0.4, -0.2) is 22.9 Å². The summed E-state index contributed by atoms with van der Waals surface area (Å²) in [6, 6.07) is 6.04. The molecule has 3 rings (SSSR count). The van der Waals surface area contributed by atoms with Crippen molar-refractivity contribution in [2.45, 2.75) is 44.9 Å². The minimum atomic E-state index is -1.06. The molecular weight excluding hydrogens is 282 g/mol. The third-order valence-electron chi connectivity index (χ3n) is 4.81. The van der Waals surface area contributed by atoms with E-state index in [1.165, 1.54) is 17.0 Å². The van der Waals surface area contributed by atoms with Gasteiger partial charge in [-0.1, -0.05) is 31.7 Å². The molecule has 22 heavy (non-hydrogen) atoms. The summed E-state index contributed by atoms with van der Waals surface area (Å²) in [4.78, 5) is 37.6. The lowest BCUT2D eigenvalue weighted by Crippen LogP contribution is -2.35. The van der Waals surface area contributed by atoms with Crippen molar-refractivity contribution in [1.82, 2.24) is 0 Å². The van der Waals surface area contributed by atoms with Gasteiger partial charge in [0.05, 0.1) is 16.7 Å². The van der Waals surface area contributed by atoms with Crippen LogP contribution >= 0.6 is 0 Å². The molecule has 1 saturated carbocycles. The van der Waals surface area contributed by atoms with Crippen LogP contribution in [0, 0.1) is 5.41 Å². The number of carbonyl (C=O) groups is 3. The highest BCUT2D eigenvalue weighted by atomic mass is 16.4. The number of hydrogen-bond acceptors (Lipinski definition) is 3. The highest BCUT2D eigenvalue weighted by molar-refractivity contribution is 6.22. The maximum Gasteiger partial charge on any atom is 0.335 e. The van der Waals surface area contributed by atoms with Gasteiger partial charge in [-0.25, -0.2) is 4.79 Å². The minimum Gasteiger partial charge on any atom is -0.478 e. The average Bonchev–Trinajstić information content (AvgIpc) is 2.66. The molecule has 0 atom stereocenters. The van der Waals surface area contributed by atoms with Crippen molar-refractivity contribution < 1.29 is 19.5 Å². The Morgan fingerprint density at radius 3 is 2.41 bits per heavy atom. The summed E-state index contributed by atoms with van der Waals surface area (Å²) in [5.41, 5.74) is -0.108. The number of carboxylic acids is 1. The fourth-order valence-electron chi connectivity index (χ4n) is 3.63. The van der Waals surface area contributed by atoms with Crippen LogP contribution in [0.4, 0.5) is 5.69 Å². The lowest BCUT2D eigenvalue weighted by Gasteiger charge is -2.25. The van der Waals surface area contributed by atoms with Gasteiger partial charge >= 0.3 is 5.97 Å². The Labute approximate surface area is 128 Å². The molecular formula is C17H19NO4. The summed E-state index contributed by atoms with van der Waals surface area (Å²) in [5.74, 6) is -1.43. The third kappa shape index (κ3) is 2.40. The fraction of sp³-hybridized carbons (Fsp3) is 0.471. The Bertz CT molecular complexity index is 629. The molecule has 1 aromatic rings. The molecule has 5 heteroatoms. The first-order valence-electron chi connectivity index (χ1n) is 7.74. The summed E-state index contributed by atoms with van der Waals surface area (Å²) >= 11 is 0. The van der Waals surface area contributed by atoms with Gasteiger partial charge in [0.25, 0.3) is 0 Å². The van der Waals surface area contributed by atoms with Gasteiger partial charge in [0.15, 0.2) is 0 Å². The second-order valence-corrected chi connectivity index (χ2v) is 6.26. The summed E-state index contributed by atoms with van der Waals surface area (Å²) in [7, 11) is 0. The number of hydrogen-bond donors (Lipinski definition) is 1. The number of rotatable bonds is 2. The topological polar surface area (TPSA) is 74.7 Å². The van der Waals surface area contributed by atoms with E-state index in [0.717, 1.165) is 38.5 Å². The molecule has 1 aliphatic carbocycles. The zero-order valence-corrected chi connectivity index (χ0v) is 12.4. The molecule has 2 amide bonds. The number of benzene rings is 1. The van der Waals surface area contributed by atoms with Gasteiger partial charge < -0.3 is 5.11 Å². The Morgan fingerprint density at radius 1 is 1.09 bits per heavy atom. The molecule has 0 radical (unpaired) electrons. The van der Waals surface area contributed by atoms with Gasteiger partial charge in [0.2, 0.25) is 11.8 Å². The quantitative estimate of drug-likeness (QED) is 0.852. The van der Waals surface area contributed by atoms with Gasteiger partial charge in [-0.3, -0.25) is 14.5 Å². The maximum atomic E-state index is 12.9. The molecule has 0 aromatic heterocycles. The summed E-state index contributed by atoms with van der Waals surface area (Å²) < 4.78 is 0. The van der Waals surface area contributed by atoms with Crippen molar-refractivity contribution >= 4 is 23.5 Å². The Balaban J connectivity index is 1.94. The molecule has 116 valence electrons. The monoisotopic (exact) mass is 301 g/mol. The molecule has 1 heterocycles. The molecule has 1 saturated heterocycles. The van der Waals surface area contributed by atoms with Crippen LogP contribution in [0.1, 0.15) is 55.3 Å². The summed E-state index contributed by atoms with van der Waals surface area (Å²) in [6.45, 7) is 0. The van der Waals surface area contributed by atoms with Crippen molar-refractivity contribution in [2.75, 3.05) is 4.90 Å². The van der Waals surface area contributed by atoms with Gasteiger partial charge in [0.1, 0.15) is 0 Å². The lowest BCUT2D eigenvalue weighted by molar-refractivity contribution is -0.126. The molecule has 2 aliphatic rings. The van der Waals surface area contributed by atoms with Crippen LogP contribution in [0.25, 0.3) is 0 Å². The van der Waals surface area contributed by atoms with E-state index in [4.69, 9.17) is 5.11 Å². The number of carbonyl (C=O) groups excluding carboxylic acids is 2. The molecule has 1 aromatic carbocycles. The first-order valence-corrected chi connectivity index (χ1v) is 7.74. The molecule has 2 fully saturated rings. The lowest BCUT2D eigenvalue weighted by atomic mass is 9.79. The second kappa shape index (κ2) is 5.55. The second-order valence-electron chi connectivity index (χ2n) is 6.26. The van der Waals surface area contributed by atoms with E-state index >= 15 is 0 Å². The van der Waals surface area contributed by atoms with Crippen molar-refractivity contribution in [3.8, 4) is 0 Å². The Hall–Kier alpha value is -2.17. The van der Waals surface area contributed by atoms with Crippen LogP contribution < -0.4 is 4.90 Å². The SMILES string of the molecule is O=C(O)c1cccc(N2C(=O)CC3(CCCCCC3)C2=O)c1. The predicted octanol–water partition coefficient (Wildman–Crippen LogP) is 2.99. The molecule has 0 unspecified atom stereocenters. The van der Waals surface area contributed by atoms with Crippen LogP contribution in [0.2, 0.25) is 0 Å². The number of amides is 2. The third-order valence-corrected chi connectivity index (χ3v) is 4.81. The van der Waals surface area contributed by atoms with Gasteiger partial charge in [-0.2, -0.15) is 0 Å². The Morgan fingerprint density at radius 2 is 1.77 bits per heavy atom. The van der Waals surface area contributed by atoms with E-state index < -0.39 is 11.4 Å². The summed E-state index contributed by atoms with van der Waals surface area (Å²) in [5, 5.41) is 9.07. The van der Waals surface area contributed by atoms with Crippen molar-refractivity contribution in [3.05, 3.63) is 29.8 Å². The minimum absolute atomic E-state index is 0.0833. The average molecular weight is 301 g/mol. The maximum absolute atomic E-state index is 12.9. The van der Waals surface area contributed by atoms with Crippen molar-refractivity contribution in [1.29, 1.82) is 0 Å². The van der Waals surface area contributed by atoms with Crippen LogP contribution in [-0.2, 0) is 9.59 Å². The molecule has 5 nitrogen and oxygen atoms in total. The highest BCUT2D eigenvalue weighted by Gasteiger charge is 2.51. The van der Waals surface area contributed by atoms with Gasteiger partial charge in [-0.15, -0.1) is 0 Å². The number of nitrogens with zero attached hydrogens (tertiary/aromatic N) is 1. The van der Waals surface area contributed by atoms with E-state index in [-0.39, 0.29) is 23.8 Å². The van der Waals surface area contributed by atoms with Crippen molar-refractivity contribution in [2.24, 2.45) is 5.41 Å². The van der Waals surface area contributed by atoms with Crippen molar-refractivity contribution in [3.63, 3.8) is 0 Å². The van der Waals surface area contributed by atoms with E-state index in [0.29, 0.717) is 5.69 Å². The molecule has 1 spiro atoms. The first-order chi connectivity index (χ1) is 10.5.